The highest BCUT2D eigenvalue weighted by molar-refractivity contribution is 7.18. The standard InChI is InChI=1S/C20H27N3O3S/c1-14(24)21-17-12-26-20(13-19(17,2)25)7-9-23(10-8-20)11-18-22-15-5-3-4-6-16(15)27-18/h3-6,17,25H,7-13H2,1-2H3,(H,21,24)/t17-,19-/m0/s1. The first-order valence-electron chi connectivity index (χ1n) is 9.56. The Morgan fingerprint density at radius 2 is 2.15 bits per heavy atom. The van der Waals surface area contributed by atoms with Gasteiger partial charge in [0.15, 0.2) is 0 Å². The van der Waals surface area contributed by atoms with Crippen molar-refractivity contribution in [1.29, 1.82) is 0 Å². The van der Waals surface area contributed by atoms with Gasteiger partial charge in [-0.25, -0.2) is 4.98 Å². The smallest absolute Gasteiger partial charge is 0.217 e. The first-order valence-corrected chi connectivity index (χ1v) is 10.4. The number of amides is 1. The Morgan fingerprint density at radius 3 is 2.81 bits per heavy atom. The lowest BCUT2D eigenvalue weighted by Gasteiger charge is -2.51. The Hall–Kier alpha value is -1.54. The van der Waals surface area contributed by atoms with Crippen LogP contribution in [0.25, 0.3) is 10.2 Å². The molecule has 1 aromatic heterocycles. The van der Waals surface area contributed by atoms with E-state index in [-0.39, 0.29) is 17.6 Å². The molecular weight excluding hydrogens is 362 g/mol. The molecule has 0 radical (unpaired) electrons. The molecule has 1 spiro atoms. The van der Waals surface area contributed by atoms with Crippen molar-refractivity contribution < 1.29 is 14.6 Å². The first-order chi connectivity index (χ1) is 12.9. The first kappa shape index (κ1) is 18.8. The molecule has 2 aliphatic rings. The number of aliphatic hydroxyl groups is 1. The molecule has 0 bridgehead atoms. The minimum atomic E-state index is -0.945. The minimum absolute atomic E-state index is 0.134. The van der Waals surface area contributed by atoms with Crippen molar-refractivity contribution in [2.24, 2.45) is 0 Å². The van der Waals surface area contributed by atoms with Crippen molar-refractivity contribution in [3.63, 3.8) is 0 Å². The number of carbonyl (C=O) groups is 1. The second-order valence-electron chi connectivity index (χ2n) is 8.13. The number of likely N-dealkylation sites (tertiary alicyclic amines) is 1. The molecule has 7 heteroatoms. The molecule has 2 atom stereocenters. The summed E-state index contributed by atoms with van der Waals surface area (Å²) in [6.45, 7) is 6.37. The molecule has 2 fully saturated rings. The minimum Gasteiger partial charge on any atom is -0.388 e. The number of carbonyl (C=O) groups excluding carboxylic acids is 1. The molecule has 6 nitrogen and oxygen atoms in total. The van der Waals surface area contributed by atoms with Crippen LogP contribution in [0.4, 0.5) is 0 Å². The van der Waals surface area contributed by atoms with Crippen LogP contribution >= 0.6 is 11.3 Å². The van der Waals surface area contributed by atoms with Gasteiger partial charge >= 0.3 is 0 Å². The van der Waals surface area contributed by atoms with E-state index in [2.05, 4.69) is 28.4 Å². The Bertz CT molecular complexity index is 794. The molecule has 0 aliphatic carbocycles. The maximum atomic E-state index is 11.4. The van der Waals surface area contributed by atoms with Crippen LogP contribution in [-0.4, -0.2) is 57.8 Å². The summed E-state index contributed by atoms with van der Waals surface area (Å²) >= 11 is 1.76. The molecule has 2 aromatic rings. The predicted molar refractivity (Wildman–Crippen MR) is 106 cm³/mol. The lowest BCUT2D eigenvalue weighted by molar-refractivity contribution is -0.189. The number of para-hydroxylation sites is 1. The summed E-state index contributed by atoms with van der Waals surface area (Å²) in [4.78, 5) is 18.5. The Kier molecular flexibility index (Phi) is 4.96. The van der Waals surface area contributed by atoms with Crippen LogP contribution in [0.2, 0.25) is 0 Å². The molecule has 0 saturated carbocycles. The molecule has 2 saturated heterocycles. The summed E-state index contributed by atoms with van der Waals surface area (Å²) < 4.78 is 7.42. The highest BCUT2D eigenvalue weighted by atomic mass is 32.1. The van der Waals surface area contributed by atoms with Crippen molar-refractivity contribution in [1.82, 2.24) is 15.2 Å². The molecule has 2 aliphatic heterocycles. The van der Waals surface area contributed by atoms with Gasteiger partial charge in [0, 0.05) is 26.4 Å². The van der Waals surface area contributed by atoms with E-state index in [0.717, 1.165) is 43.0 Å². The van der Waals surface area contributed by atoms with Crippen LogP contribution in [-0.2, 0) is 16.1 Å². The van der Waals surface area contributed by atoms with Gasteiger partial charge in [-0.15, -0.1) is 11.3 Å². The summed E-state index contributed by atoms with van der Waals surface area (Å²) in [6.07, 6.45) is 2.33. The predicted octanol–water partition coefficient (Wildman–Crippen LogP) is 2.31. The molecule has 3 heterocycles. The van der Waals surface area contributed by atoms with Crippen molar-refractivity contribution in [2.75, 3.05) is 19.7 Å². The quantitative estimate of drug-likeness (QED) is 0.843. The fourth-order valence-corrected chi connectivity index (χ4v) is 5.34. The van der Waals surface area contributed by atoms with Gasteiger partial charge in [-0.1, -0.05) is 12.1 Å². The average molecular weight is 390 g/mol. The average Bonchev–Trinajstić information content (AvgIpc) is 3.01. The van der Waals surface area contributed by atoms with E-state index in [1.165, 1.54) is 11.6 Å². The molecule has 4 rings (SSSR count). The third-order valence-electron chi connectivity index (χ3n) is 5.83. The summed E-state index contributed by atoms with van der Waals surface area (Å²) in [5.41, 5.74) is -0.163. The Labute approximate surface area is 163 Å². The number of piperidine rings is 1. The van der Waals surface area contributed by atoms with E-state index < -0.39 is 5.60 Å². The number of nitrogens with zero attached hydrogens (tertiary/aromatic N) is 2. The molecule has 1 aromatic carbocycles. The zero-order valence-electron chi connectivity index (χ0n) is 15.9. The largest absolute Gasteiger partial charge is 0.388 e. The van der Waals surface area contributed by atoms with Gasteiger partial charge in [0.1, 0.15) is 5.01 Å². The van der Waals surface area contributed by atoms with Crippen LogP contribution in [0.1, 0.15) is 38.1 Å². The zero-order valence-corrected chi connectivity index (χ0v) is 16.7. The van der Waals surface area contributed by atoms with Crippen LogP contribution < -0.4 is 5.32 Å². The summed E-state index contributed by atoms with van der Waals surface area (Å²) in [7, 11) is 0. The van der Waals surface area contributed by atoms with E-state index in [1.807, 2.05) is 13.0 Å². The van der Waals surface area contributed by atoms with E-state index >= 15 is 0 Å². The number of rotatable bonds is 3. The van der Waals surface area contributed by atoms with Crippen LogP contribution in [0, 0.1) is 0 Å². The van der Waals surface area contributed by atoms with Crippen molar-refractivity contribution in [3.8, 4) is 0 Å². The lowest BCUT2D eigenvalue weighted by atomic mass is 9.75. The van der Waals surface area contributed by atoms with Crippen molar-refractivity contribution in [2.45, 2.75) is 56.9 Å². The SMILES string of the molecule is CC(=O)N[C@H]1COC2(CCN(Cc3nc4ccccc4s3)CC2)C[C@]1(C)O. The van der Waals surface area contributed by atoms with Crippen LogP contribution in [0.5, 0.6) is 0 Å². The number of hydrogen-bond acceptors (Lipinski definition) is 6. The van der Waals surface area contributed by atoms with Gasteiger partial charge in [-0.2, -0.15) is 0 Å². The number of aromatic nitrogens is 1. The second kappa shape index (κ2) is 7.13. The Balaban J connectivity index is 1.36. The number of benzene rings is 1. The van der Waals surface area contributed by atoms with E-state index in [1.54, 1.807) is 11.3 Å². The number of ether oxygens (including phenoxy) is 1. The van der Waals surface area contributed by atoms with Gasteiger partial charge < -0.3 is 15.2 Å². The van der Waals surface area contributed by atoms with Crippen molar-refractivity contribution in [3.05, 3.63) is 29.3 Å². The molecule has 146 valence electrons. The second-order valence-corrected chi connectivity index (χ2v) is 9.25. The monoisotopic (exact) mass is 389 g/mol. The van der Waals surface area contributed by atoms with Crippen molar-refractivity contribution >= 4 is 27.5 Å². The molecule has 1 amide bonds. The van der Waals surface area contributed by atoms with Gasteiger partial charge in [-0.05, 0) is 31.9 Å². The van der Waals surface area contributed by atoms with Gasteiger partial charge in [0.2, 0.25) is 5.91 Å². The maximum Gasteiger partial charge on any atom is 0.217 e. The number of thiazole rings is 1. The molecular formula is C20H27N3O3S. The van der Waals surface area contributed by atoms with E-state index in [4.69, 9.17) is 9.72 Å². The highest BCUT2D eigenvalue weighted by Gasteiger charge is 2.49. The molecule has 2 N–H and O–H groups in total. The molecule has 27 heavy (non-hydrogen) atoms. The number of fused-ring (bicyclic) bond motifs is 1. The third kappa shape index (κ3) is 4.01. The van der Waals surface area contributed by atoms with Gasteiger partial charge in [-0.3, -0.25) is 9.69 Å². The molecule has 0 unspecified atom stereocenters. The van der Waals surface area contributed by atoms with Crippen LogP contribution in [0.3, 0.4) is 0 Å². The summed E-state index contributed by atoms with van der Waals surface area (Å²) in [6, 6.07) is 7.91. The summed E-state index contributed by atoms with van der Waals surface area (Å²) in [5.74, 6) is -0.134. The normalized spacial score (nSPS) is 28.5. The number of hydrogen-bond donors (Lipinski definition) is 2. The van der Waals surface area contributed by atoms with Gasteiger partial charge in [0.25, 0.3) is 0 Å². The fourth-order valence-electron chi connectivity index (χ4n) is 4.33. The maximum absolute atomic E-state index is 11.4. The zero-order chi connectivity index (χ0) is 19.1. The number of nitrogens with one attached hydrogen (secondary N) is 1. The lowest BCUT2D eigenvalue weighted by Crippen LogP contribution is -2.63. The van der Waals surface area contributed by atoms with E-state index in [9.17, 15) is 9.90 Å². The van der Waals surface area contributed by atoms with E-state index in [0.29, 0.717) is 13.0 Å². The highest BCUT2D eigenvalue weighted by Crippen LogP contribution is 2.40. The van der Waals surface area contributed by atoms with Crippen LogP contribution in [0.15, 0.2) is 24.3 Å². The topological polar surface area (TPSA) is 74.7 Å². The fraction of sp³-hybridized carbons (Fsp3) is 0.600. The Morgan fingerprint density at radius 1 is 1.41 bits per heavy atom. The summed E-state index contributed by atoms with van der Waals surface area (Å²) in [5, 5.41) is 14.8. The van der Waals surface area contributed by atoms with Gasteiger partial charge in [0.05, 0.1) is 40.6 Å². The third-order valence-corrected chi connectivity index (χ3v) is 6.85.